The van der Waals surface area contributed by atoms with Crippen molar-refractivity contribution in [3.05, 3.63) is 45.4 Å². The Morgan fingerprint density at radius 3 is 2.44 bits per heavy atom. The molecule has 0 fully saturated rings. The van der Waals surface area contributed by atoms with Gasteiger partial charge in [0.05, 0.1) is 18.8 Å². The van der Waals surface area contributed by atoms with E-state index < -0.39 is 0 Å². The van der Waals surface area contributed by atoms with Gasteiger partial charge in [0.2, 0.25) is 0 Å². The minimum absolute atomic E-state index is 0. The number of halogens is 1. The SMILES string of the molecule is CN=C(NCCc1ccc(OCC(C)C)cc1)NCc1nc(C)c(C)s1.I. The van der Waals surface area contributed by atoms with Crippen molar-refractivity contribution >= 4 is 41.3 Å². The summed E-state index contributed by atoms with van der Waals surface area (Å²) in [6.07, 6.45) is 0.931. The van der Waals surface area contributed by atoms with Crippen LogP contribution >= 0.6 is 35.3 Å². The predicted octanol–water partition coefficient (Wildman–Crippen LogP) is 4.32. The Morgan fingerprint density at radius 2 is 1.89 bits per heavy atom. The Balaban J connectivity index is 0.00000364. The van der Waals surface area contributed by atoms with Crippen LogP contribution in [0.4, 0.5) is 0 Å². The Labute approximate surface area is 184 Å². The molecule has 2 rings (SSSR count). The van der Waals surface area contributed by atoms with Gasteiger partial charge in [-0.3, -0.25) is 4.99 Å². The van der Waals surface area contributed by atoms with Gasteiger partial charge < -0.3 is 15.4 Å². The van der Waals surface area contributed by atoms with Gasteiger partial charge in [-0.25, -0.2) is 4.98 Å². The van der Waals surface area contributed by atoms with Crippen molar-refractivity contribution in [2.75, 3.05) is 20.2 Å². The lowest BCUT2D eigenvalue weighted by Gasteiger charge is -2.12. The van der Waals surface area contributed by atoms with E-state index in [4.69, 9.17) is 4.74 Å². The third-order valence-corrected chi connectivity index (χ3v) is 4.99. The molecule has 5 nitrogen and oxygen atoms in total. The van der Waals surface area contributed by atoms with Crippen molar-refractivity contribution in [3.63, 3.8) is 0 Å². The van der Waals surface area contributed by atoms with E-state index in [0.29, 0.717) is 12.5 Å². The van der Waals surface area contributed by atoms with Crippen LogP contribution in [-0.2, 0) is 13.0 Å². The third-order valence-electron chi connectivity index (χ3n) is 3.92. The van der Waals surface area contributed by atoms with E-state index in [1.54, 1.807) is 18.4 Å². The van der Waals surface area contributed by atoms with Gasteiger partial charge in [-0.15, -0.1) is 35.3 Å². The number of nitrogens with one attached hydrogen (secondary N) is 2. The fourth-order valence-electron chi connectivity index (χ4n) is 2.34. The van der Waals surface area contributed by atoms with E-state index >= 15 is 0 Å². The molecule has 0 saturated carbocycles. The highest BCUT2D eigenvalue weighted by Gasteiger charge is 2.05. The molecule has 1 aromatic carbocycles. The topological polar surface area (TPSA) is 58.5 Å². The Kier molecular flexibility index (Phi) is 10.7. The molecule has 1 aromatic heterocycles. The van der Waals surface area contributed by atoms with E-state index in [9.17, 15) is 0 Å². The molecule has 2 N–H and O–H groups in total. The molecule has 0 aliphatic carbocycles. The van der Waals surface area contributed by atoms with Gasteiger partial charge in [0.25, 0.3) is 0 Å². The van der Waals surface area contributed by atoms with Crippen LogP contribution in [0.5, 0.6) is 5.75 Å². The van der Waals surface area contributed by atoms with Gasteiger partial charge in [0, 0.05) is 18.5 Å². The highest BCUT2D eigenvalue weighted by atomic mass is 127. The summed E-state index contributed by atoms with van der Waals surface area (Å²) >= 11 is 1.73. The Bertz CT molecular complexity index is 694. The highest BCUT2D eigenvalue weighted by molar-refractivity contribution is 14.0. The van der Waals surface area contributed by atoms with Crippen LogP contribution in [-0.4, -0.2) is 31.1 Å². The van der Waals surface area contributed by atoms with E-state index in [0.717, 1.165) is 42.0 Å². The largest absolute Gasteiger partial charge is 0.493 e. The average molecular weight is 502 g/mol. The van der Waals surface area contributed by atoms with Gasteiger partial charge >= 0.3 is 0 Å². The van der Waals surface area contributed by atoms with E-state index in [1.807, 2.05) is 19.1 Å². The summed E-state index contributed by atoms with van der Waals surface area (Å²) in [4.78, 5) is 10.1. The monoisotopic (exact) mass is 502 g/mol. The first-order valence-electron chi connectivity index (χ1n) is 9.07. The number of benzene rings is 1. The van der Waals surface area contributed by atoms with Crippen molar-refractivity contribution in [3.8, 4) is 5.75 Å². The minimum Gasteiger partial charge on any atom is -0.493 e. The molecule has 0 atom stereocenters. The number of nitrogens with zero attached hydrogens (tertiary/aromatic N) is 2. The smallest absolute Gasteiger partial charge is 0.191 e. The molecule has 0 spiro atoms. The lowest BCUT2D eigenvalue weighted by molar-refractivity contribution is 0.271. The number of aryl methyl sites for hydroxylation is 2. The van der Waals surface area contributed by atoms with Crippen molar-refractivity contribution in [1.82, 2.24) is 15.6 Å². The van der Waals surface area contributed by atoms with Crippen LogP contribution in [0.25, 0.3) is 0 Å². The second-order valence-electron chi connectivity index (χ2n) is 6.70. The lowest BCUT2D eigenvalue weighted by atomic mass is 10.1. The van der Waals surface area contributed by atoms with E-state index in [2.05, 4.69) is 53.5 Å². The summed E-state index contributed by atoms with van der Waals surface area (Å²) in [5.41, 5.74) is 2.38. The first-order valence-corrected chi connectivity index (χ1v) is 9.88. The van der Waals surface area contributed by atoms with Crippen molar-refractivity contribution in [2.45, 2.75) is 40.7 Å². The summed E-state index contributed by atoms with van der Waals surface area (Å²) in [5, 5.41) is 7.75. The zero-order chi connectivity index (χ0) is 18.9. The summed E-state index contributed by atoms with van der Waals surface area (Å²) in [5.74, 6) is 2.27. The standard InChI is InChI=1S/C20H30N4OS.HI/c1-14(2)13-25-18-8-6-17(7-9-18)10-11-22-20(21-5)23-12-19-24-15(3)16(4)26-19;/h6-9,14H,10-13H2,1-5H3,(H2,21,22,23);1H. The van der Waals surface area contributed by atoms with Crippen LogP contribution in [0.1, 0.15) is 35.0 Å². The molecule has 0 aliphatic rings. The summed E-state index contributed by atoms with van der Waals surface area (Å²) in [6, 6.07) is 8.32. The maximum absolute atomic E-state index is 5.72. The minimum atomic E-state index is 0. The molecule has 2 aromatic rings. The number of aromatic nitrogens is 1. The number of guanidine groups is 1. The number of rotatable bonds is 8. The number of ether oxygens (including phenoxy) is 1. The summed E-state index contributed by atoms with van der Waals surface area (Å²) in [7, 11) is 1.79. The van der Waals surface area contributed by atoms with Gasteiger partial charge in [0.15, 0.2) is 5.96 Å². The van der Waals surface area contributed by atoms with Crippen LogP contribution in [0.3, 0.4) is 0 Å². The second-order valence-corrected chi connectivity index (χ2v) is 7.99. The molecule has 150 valence electrons. The van der Waals surface area contributed by atoms with Gasteiger partial charge in [-0.05, 0) is 43.9 Å². The number of thiazole rings is 1. The fraction of sp³-hybridized carbons (Fsp3) is 0.500. The summed E-state index contributed by atoms with van der Waals surface area (Å²) in [6.45, 7) is 10.7. The van der Waals surface area contributed by atoms with E-state index in [1.165, 1.54) is 10.4 Å². The zero-order valence-electron chi connectivity index (χ0n) is 16.8. The summed E-state index contributed by atoms with van der Waals surface area (Å²) < 4.78 is 5.72. The zero-order valence-corrected chi connectivity index (χ0v) is 20.0. The van der Waals surface area contributed by atoms with Crippen LogP contribution in [0.2, 0.25) is 0 Å². The first kappa shape index (κ1) is 23.7. The molecule has 0 unspecified atom stereocenters. The average Bonchev–Trinajstić information content (AvgIpc) is 2.95. The van der Waals surface area contributed by atoms with Gasteiger partial charge in [-0.2, -0.15) is 0 Å². The van der Waals surface area contributed by atoms with Gasteiger partial charge in [0.1, 0.15) is 10.8 Å². The number of hydrogen-bond donors (Lipinski definition) is 2. The van der Waals surface area contributed by atoms with Gasteiger partial charge in [-0.1, -0.05) is 26.0 Å². The Hall–Kier alpha value is -1.35. The fourth-order valence-corrected chi connectivity index (χ4v) is 3.21. The molecule has 0 aliphatic heterocycles. The molecule has 7 heteroatoms. The quantitative estimate of drug-likeness (QED) is 0.321. The highest BCUT2D eigenvalue weighted by Crippen LogP contribution is 2.16. The van der Waals surface area contributed by atoms with Crippen LogP contribution < -0.4 is 15.4 Å². The number of hydrogen-bond acceptors (Lipinski definition) is 4. The maximum atomic E-state index is 5.72. The predicted molar refractivity (Wildman–Crippen MR) is 126 cm³/mol. The molecule has 0 saturated heterocycles. The third kappa shape index (κ3) is 8.47. The normalized spacial score (nSPS) is 11.3. The second kappa shape index (κ2) is 12.2. The Morgan fingerprint density at radius 1 is 1.19 bits per heavy atom. The van der Waals surface area contributed by atoms with Crippen LogP contribution in [0.15, 0.2) is 29.3 Å². The maximum Gasteiger partial charge on any atom is 0.191 e. The van der Waals surface area contributed by atoms with E-state index in [-0.39, 0.29) is 24.0 Å². The van der Waals surface area contributed by atoms with Crippen molar-refractivity contribution in [1.29, 1.82) is 0 Å². The molecular weight excluding hydrogens is 471 g/mol. The molecular formula is C20H31IN4OS. The first-order chi connectivity index (χ1) is 12.5. The molecule has 0 amide bonds. The van der Waals surface area contributed by atoms with Crippen molar-refractivity contribution < 1.29 is 4.74 Å². The van der Waals surface area contributed by atoms with Crippen molar-refractivity contribution in [2.24, 2.45) is 10.9 Å². The molecule has 0 radical (unpaired) electrons. The molecule has 0 bridgehead atoms. The molecule has 27 heavy (non-hydrogen) atoms. The van der Waals surface area contributed by atoms with Crippen LogP contribution in [0, 0.1) is 19.8 Å². The number of aliphatic imine (C=N–C) groups is 1. The lowest BCUT2D eigenvalue weighted by Crippen LogP contribution is -2.37. The molecule has 1 heterocycles.